The number of aryl methyl sites for hydroxylation is 2. The Morgan fingerprint density at radius 1 is 1.06 bits per heavy atom. The second kappa shape index (κ2) is 9.01. The molecule has 166 valence electrons. The molecule has 3 rings (SSSR count). The van der Waals surface area contributed by atoms with Crippen molar-refractivity contribution in [1.29, 1.82) is 0 Å². The van der Waals surface area contributed by atoms with Crippen LogP contribution in [0.1, 0.15) is 41.3 Å². The van der Waals surface area contributed by atoms with E-state index in [0.29, 0.717) is 34.4 Å². The lowest BCUT2D eigenvalue weighted by Crippen LogP contribution is -2.25. The van der Waals surface area contributed by atoms with Crippen LogP contribution in [-0.2, 0) is 11.3 Å². The summed E-state index contributed by atoms with van der Waals surface area (Å²) in [6.07, 6.45) is 0. The van der Waals surface area contributed by atoms with Crippen LogP contribution in [0.4, 0.5) is 5.69 Å². The van der Waals surface area contributed by atoms with Gasteiger partial charge in [0.2, 0.25) is 5.91 Å². The second-order valence-electron chi connectivity index (χ2n) is 7.49. The number of anilines is 1. The summed E-state index contributed by atoms with van der Waals surface area (Å²) in [5.41, 5.74) is 4.77. The monoisotopic (exact) mass is 445 g/mol. The number of nitrogens with zero attached hydrogens (tertiary/aromatic N) is 4. The average Bonchev–Trinajstić information content (AvgIpc) is 3.17. The van der Waals surface area contributed by atoms with Crippen molar-refractivity contribution in [2.45, 2.75) is 47.2 Å². The minimum Gasteiger partial charge on any atom is -0.493 e. The van der Waals surface area contributed by atoms with Gasteiger partial charge in [-0.1, -0.05) is 17.7 Å². The highest BCUT2D eigenvalue weighted by Crippen LogP contribution is 2.29. The highest BCUT2D eigenvalue weighted by atomic mass is 35.5. The van der Waals surface area contributed by atoms with Crippen molar-refractivity contribution in [3.05, 3.63) is 51.6 Å². The molecule has 1 aromatic carbocycles. The van der Waals surface area contributed by atoms with E-state index in [4.69, 9.17) is 21.1 Å². The molecular weight excluding hydrogens is 418 g/mol. The van der Waals surface area contributed by atoms with E-state index in [2.05, 4.69) is 15.5 Å². The smallest absolute Gasteiger partial charge is 0.249 e. The Morgan fingerprint density at radius 3 is 2.32 bits per heavy atom. The molecular formula is C22H28ClN5O3. The lowest BCUT2D eigenvalue weighted by Gasteiger charge is -2.15. The minimum atomic E-state index is -0.515. The predicted octanol–water partition coefficient (Wildman–Crippen LogP) is 4.23. The number of hydrogen-bond acceptors (Lipinski definition) is 5. The first-order chi connectivity index (χ1) is 14.7. The van der Waals surface area contributed by atoms with Crippen molar-refractivity contribution >= 4 is 23.2 Å². The van der Waals surface area contributed by atoms with Crippen molar-refractivity contribution in [2.24, 2.45) is 0 Å². The van der Waals surface area contributed by atoms with Crippen molar-refractivity contribution in [3.63, 3.8) is 0 Å². The van der Waals surface area contributed by atoms with Crippen LogP contribution < -0.4 is 14.8 Å². The number of benzene rings is 1. The molecule has 31 heavy (non-hydrogen) atoms. The third-order valence-corrected chi connectivity index (χ3v) is 5.94. The summed E-state index contributed by atoms with van der Waals surface area (Å²) in [5, 5.41) is 12.6. The number of amides is 1. The molecule has 9 heteroatoms. The molecule has 3 aromatic rings. The molecule has 0 aliphatic heterocycles. The second-order valence-corrected chi connectivity index (χ2v) is 7.87. The molecule has 1 atom stereocenters. The number of methoxy groups -OCH3 is 2. The Morgan fingerprint density at radius 2 is 1.74 bits per heavy atom. The molecule has 0 spiro atoms. The Labute approximate surface area is 187 Å². The Bertz CT molecular complexity index is 1120. The number of halogens is 1. The number of carbonyl (C=O) groups is 1. The zero-order valence-electron chi connectivity index (χ0n) is 18.9. The molecule has 1 amide bonds. The molecule has 2 aromatic heterocycles. The maximum absolute atomic E-state index is 12.9. The van der Waals surface area contributed by atoms with Gasteiger partial charge in [-0.15, -0.1) is 0 Å². The van der Waals surface area contributed by atoms with Crippen LogP contribution in [0, 0.1) is 27.7 Å². The first kappa shape index (κ1) is 22.7. The summed E-state index contributed by atoms with van der Waals surface area (Å²) in [6, 6.07) is 5.23. The van der Waals surface area contributed by atoms with Crippen LogP contribution in [0.3, 0.4) is 0 Å². The van der Waals surface area contributed by atoms with Gasteiger partial charge in [-0.25, -0.2) is 0 Å². The lowest BCUT2D eigenvalue weighted by atomic mass is 10.2. The van der Waals surface area contributed by atoms with E-state index in [1.807, 2.05) is 50.6 Å². The molecule has 0 aliphatic carbocycles. The van der Waals surface area contributed by atoms with Gasteiger partial charge < -0.3 is 14.8 Å². The van der Waals surface area contributed by atoms with Crippen LogP contribution in [0.25, 0.3) is 0 Å². The Kier molecular flexibility index (Phi) is 6.59. The number of rotatable bonds is 7. The number of carbonyl (C=O) groups excluding carboxylic acids is 1. The first-order valence-electron chi connectivity index (χ1n) is 9.94. The van der Waals surface area contributed by atoms with Crippen molar-refractivity contribution < 1.29 is 14.3 Å². The fourth-order valence-electron chi connectivity index (χ4n) is 3.54. The van der Waals surface area contributed by atoms with Gasteiger partial charge in [-0.05, 0) is 52.3 Å². The van der Waals surface area contributed by atoms with Gasteiger partial charge in [0.25, 0.3) is 0 Å². The summed E-state index contributed by atoms with van der Waals surface area (Å²) in [7, 11) is 3.21. The van der Waals surface area contributed by atoms with Crippen molar-refractivity contribution in [1.82, 2.24) is 19.6 Å². The normalized spacial score (nSPS) is 12.0. The van der Waals surface area contributed by atoms with Gasteiger partial charge >= 0.3 is 0 Å². The summed E-state index contributed by atoms with van der Waals surface area (Å²) in [5.74, 6) is 1.15. The summed E-state index contributed by atoms with van der Waals surface area (Å²) in [6.45, 7) is 9.81. The predicted molar refractivity (Wildman–Crippen MR) is 120 cm³/mol. The average molecular weight is 446 g/mol. The number of aromatic nitrogens is 4. The van der Waals surface area contributed by atoms with Crippen LogP contribution >= 0.6 is 11.6 Å². The van der Waals surface area contributed by atoms with Crippen molar-refractivity contribution in [3.8, 4) is 11.5 Å². The van der Waals surface area contributed by atoms with E-state index in [-0.39, 0.29) is 5.91 Å². The maximum atomic E-state index is 12.9. The van der Waals surface area contributed by atoms with Gasteiger partial charge in [-0.2, -0.15) is 10.2 Å². The maximum Gasteiger partial charge on any atom is 0.249 e. The van der Waals surface area contributed by atoms with E-state index in [1.54, 1.807) is 25.8 Å². The van der Waals surface area contributed by atoms with E-state index in [9.17, 15) is 4.79 Å². The van der Waals surface area contributed by atoms with Crippen LogP contribution in [0.5, 0.6) is 11.5 Å². The molecule has 0 aliphatic rings. The lowest BCUT2D eigenvalue weighted by molar-refractivity contribution is -0.119. The zero-order valence-corrected chi connectivity index (χ0v) is 19.7. The van der Waals surface area contributed by atoms with Crippen LogP contribution in [0.2, 0.25) is 5.02 Å². The largest absolute Gasteiger partial charge is 0.493 e. The van der Waals surface area contributed by atoms with E-state index in [0.717, 1.165) is 22.6 Å². The molecule has 0 fully saturated rings. The topological polar surface area (TPSA) is 83.2 Å². The standard InChI is InChI=1S/C22H28ClN5O3/c1-12-20(23)14(3)28(26-12)16(5)22(29)24-21-13(2)25-27(15(21)4)11-17-8-9-18(30-6)19(10-17)31-7/h8-10,16H,11H2,1-7H3,(H,24,29). The molecule has 8 nitrogen and oxygen atoms in total. The van der Waals surface area contributed by atoms with Crippen LogP contribution in [-0.4, -0.2) is 39.7 Å². The fourth-order valence-corrected chi connectivity index (χ4v) is 3.67. The number of ether oxygens (including phenoxy) is 2. The highest BCUT2D eigenvalue weighted by molar-refractivity contribution is 6.31. The molecule has 0 radical (unpaired) electrons. The molecule has 0 saturated carbocycles. The molecule has 0 bridgehead atoms. The third kappa shape index (κ3) is 4.39. The van der Waals surface area contributed by atoms with Gasteiger partial charge in [0.05, 0.1) is 54.3 Å². The molecule has 0 saturated heterocycles. The molecule has 2 heterocycles. The minimum absolute atomic E-state index is 0.181. The van der Waals surface area contributed by atoms with E-state index >= 15 is 0 Å². The first-order valence-corrected chi connectivity index (χ1v) is 10.3. The number of hydrogen-bond donors (Lipinski definition) is 1. The highest BCUT2D eigenvalue weighted by Gasteiger charge is 2.23. The molecule has 1 unspecified atom stereocenters. The summed E-state index contributed by atoms with van der Waals surface area (Å²) >= 11 is 6.23. The van der Waals surface area contributed by atoms with Gasteiger partial charge in [-0.3, -0.25) is 14.2 Å². The quantitative estimate of drug-likeness (QED) is 0.588. The Balaban J connectivity index is 1.81. The SMILES string of the molecule is COc1ccc(Cn2nc(C)c(NC(=O)C(C)n3nc(C)c(Cl)c3C)c2C)cc1OC. The van der Waals surface area contributed by atoms with Gasteiger partial charge in [0.1, 0.15) is 6.04 Å². The zero-order chi connectivity index (χ0) is 22.9. The van der Waals surface area contributed by atoms with Crippen molar-refractivity contribution in [2.75, 3.05) is 19.5 Å². The third-order valence-electron chi connectivity index (χ3n) is 5.39. The number of nitrogens with one attached hydrogen (secondary N) is 1. The van der Waals surface area contributed by atoms with Gasteiger partial charge in [0, 0.05) is 0 Å². The summed E-state index contributed by atoms with van der Waals surface area (Å²) < 4.78 is 14.2. The fraction of sp³-hybridized carbons (Fsp3) is 0.409. The Hall–Kier alpha value is -3.00. The van der Waals surface area contributed by atoms with E-state index < -0.39 is 6.04 Å². The van der Waals surface area contributed by atoms with E-state index in [1.165, 1.54) is 0 Å². The van der Waals surface area contributed by atoms with Crippen LogP contribution in [0.15, 0.2) is 18.2 Å². The summed E-state index contributed by atoms with van der Waals surface area (Å²) in [4.78, 5) is 12.9. The van der Waals surface area contributed by atoms with Gasteiger partial charge in [0.15, 0.2) is 11.5 Å². The molecule has 1 N–H and O–H groups in total.